The number of hydrogen-bond acceptors (Lipinski definition) is 3. The van der Waals surface area contributed by atoms with Gasteiger partial charge >= 0.3 is 0 Å². The molecule has 3 fully saturated rings. The Kier molecular flexibility index (Phi) is 5.53. The van der Waals surface area contributed by atoms with E-state index in [2.05, 4.69) is 15.1 Å². The Bertz CT molecular complexity index is 311. The molecule has 2 aliphatic heterocycles. The fourth-order valence-electron chi connectivity index (χ4n) is 4.36. The number of nitrogens with one attached hydrogen (secondary N) is 1. The number of hydrogen-bond donors (Lipinski definition) is 1. The summed E-state index contributed by atoms with van der Waals surface area (Å²) in [4.78, 5) is 17.7. The first kappa shape index (κ1) is 15.3. The lowest BCUT2D eigenvalue weighted by Gasteiger charge is -2.42. The number of amides is 1. The standard InChI is InChI=1S/C17H31N3O/c21-17(14-19-12-4-5-13-19)20(15-6-2-1-3-7-15)16-8-10-18-11-9-16/h15-16,18H,1-14H2. The molecule has 1 aliphatic carbocycles. The van der Waals surface area contributed by atoms with Crippen molar-refractivity contribution in [3.8, 4) is 0 Å². The Labute approximate surface area is 129 Å². The van der Waals surface area contributed by atoms with Gasteiger partial charge in [0, 0.05) is 12.1 Å². The molecular formula is C17H31N3O. The van der Waals surface area contributed by atoms with Gasteiger partial charge in [0.15, 0.2) is 0 Å². The van der Waals surface area contributed by atoms with Gasteiger partial charge in [-0.05, 0) is 64.7 Å². The zero-order valence-corrected chi connectivity index (χ0v) is 13.4. The maximum absolute atomic E-state index is 13.0. The number of carbonyl (C=O) groups excluding carboxylic acids is 1. The number of piperidine rings is 1. The summed E-state index contributed by atoms with van der Waals surface area (Å²) in [6, 6.07) is 1.02. The minimum atomic E-state index is 0.413. The third-order valence-electron chi connectivity index (χ3n) is 5.52. The number of rotatable bonds is 4. The molecule has 4 nitrogen and oxygen atoms in total. The first-order chi connectivity index (χ1) is 10.3. The summed E-state index contributed by atoms with van der Waals surface area (Å²) in [6.07, 6.45) is 11.3. The van der Waals surface area contributed by atoms with Gasteiger partial charge in [0.1, 0.15) is 0 Å². The van der Waals surface area contributed by atoms with Crippen LogP contribution < -0.4 is 5.32 Å². The molecule has 0 aromatic heterocycles. The molecule has 0 unspecified atom stereocenters. The lowest BCUT2D eigenvalue weighted by Crippen LogP contribution is -2.54. The largest absolute Gasteiger partial charge is 0.336 e. The average molecular weight is 293 g/mol. The van der Waals surface area contributed by atoms with Gasteiger partial charge in [-0.15, -0.1) is 0 Å². The SMILES string of the molecule is O=C(CN1CCCC1)N(C1CCCCC1)C1CCNCC1. The quantitative estimate of drug-likeness (QED) is 0.861. The predicted molar refractivity (Wildman–Crippen MR) is 85.3 cm³/mol. The van der Waals surface area contributed by atoms with Crippen LogP contribution in [0.2, 0.25) is 0 Å². The molecule has 2 heterocycles. The Morgan fingerprint density at radius 1 is 0.905 bits per heavy atom. The van der Waals surface area contributed by atoms with Crippen molar-refractivity contribution in [2.75, 3.05) is 32.7 Å². The molecule has 3 aliphatic rings. The molecule has 4 heteroatoms. The van der Waals surface area contributed by atoms with Crippen LogP contribution in [-0.2, 0) is 4.79 Å². The second-order valence-corrected chi connectivity index (χ2v) is 7.06. The fourth-order valence-corrected chi connectivity index (χ4v) is 4.36. The van der Waals surface area contributed by atoms with Gasteiger partial charge in [0.25, 0.3) is 0 Å². The van der Waals surface area contributed by atoms with E-state index in [0.29, 0.717) is 24.5 Å². The molecule has 1 saturated carbocycles. The van der Waals surface area contributed by atoms with E-state index in [4.69, 9.17) is 0 Å². The first-order valence-electron chi connectivity index (χ1n) is 9.09. The maximum atomic E-state index is 13.0. The van der Waals surface area contributed by atoms with Crippen molar-refractivity contribution in [1.29, 1.82) is 0 Å². The normalized spacial score (nSPS) is 26.1. The van der Waals surface area contributed by atoms with Gasteiger partial charge in [-0.2, -0.15) is 0 Å². The zero-order chi connectivity index (χ0) is 14.5. The van der Waals surface area contributed by atoms with Gasteiger partial charge < -0.3 is 10.2 Å². The van der Waals surface area contributed by atoms with Gasteiger partial charge in [0.2, 0.25) is 5.91 Å². The molecule has 3 rings (SSSR count). The van der Waals surface area contributed by atoms with Gasteiger partial charge in [-0.3, -0.25) is 9.69 Å². The molecule has 21 heavy (non-hydrogen) atoms. The third-order valence-corrected chi connectivity index (χ3v) is 5.52. The van der Waals surface area contributed by atoms with E-state index in [1.807, 2.05) is 0 Å². The van der Waals surface area contributed by atoms with Crippen LogP contribution in [0.1, 0.15) is 57.8 Å². The Balaban J connectivity index is 1.65. The van der Waals surface area contributed by atoms with E-state index < -0.39 is 0 Å². The summed E-state index contributed by atoms with van der Waals surface area (Å²) >= 11 is 0. The molecule has 0 aromatic carbocycles. The van der Waals surface area contributed by atoms with Crippen molar-refractivity contribution in [3.63, 3.8) is 0 Å². The third kappa shape index (κ3) is 3.98. The van der Waals surface area contributed by atoms with Crippen molar-refractivity contribution in [2.45, 2.75) is 69.9 Å². The lowest BCUT2D eigenvalue weighted by molar-refractivity contribution is -0.138. The van der Waals surface area contributed by atoms with Crippen molar-refractivity contribution < 1.29 is 4.79 Å². The first-order valence-corrected chi connectivity index (χ1v) is 9.09. The van der Waals surface area contributed by atoms with Crippen molar-refractivity contribution in [2.24, 2.45) is 0 Å². The van der Waals surface area contributed by atoms with Crippen LogP contribution in [-0.4, -0.2) is 60.5 Å². The monoisotopic (exact) mass is 293 g/mol. The van der Waals surface area contributed by atoms with Gasteiger partial charge in [-0.1, -0.05) is 19.3 Å². The molecule has 0 radical (unpaired) electrons. The van der Waals surface area contributed by atoms with Crippen LogP contribution in [0.4, 0.5) is 0 Å². The Hall–Kier alpha value is -0.610. The highest BCUT2D eigenvalue weighted by Gasteiger charge is 2.33. The highest BCUT2D eigenvalue weighted by molar-refractivity contribution is 5.79. The predicted octanol–water partition coefficient (Wildman–Crippen LogP) is 2.00. The lowest BCUT2D eigenvalue weighted by atomic mass is 9.91. The average Bonchev–Trinajstić information content (AvgIpc) is 3.02. The van der Waals surface area contributed by atoms with Crippen LogP contribution in [0, 0.1) is 0 Å². The molecule has 0 spiro atoms. The molecule has 120 valence electrons. The number of likely N-dealkylation sites (tertiary alicyclic amines) is 1. The summed E-state index contributed by atoms with van der Waals surface area (Å²) in [5.74, 6) is 0.413. The molecule has 2 saturated heterocycles. The molecule has 0 atom stereocenters. The highest BCUT2D eigenvalue weighted by atomic mass is 16.2. The topological polar surface area (TPSA) is 35.6 Å². The Morgan fingerprint density at radius 3 is 2.19 bits per heavy atom. The van der Waals surface area contributed by atoms with Crippen molar-refractivity contribution in [1.82, 2.24) is 15.1 Å². The van der Waals surface area contributed by atoms with E-state index in [1.165, 1.54) is 44.9 Å². The maximum Gasteiger partial charge on any atom is 0.237 e. The number of carbonyl (C=O) groups is 1. The van der Waals surface area contributed by atoms with Gasteiger partial charge in [-0.25, -0.2) is 0 Å². The number of nitrogens with zero attached hydrogens (tertiary/aromatic N) is 2. The summed E-state index contributed by atoms with van der Waals surface area (Å²) in [7, 11) is 0. The Morgan fingerprint density at radius 2 is 1.52 bits per heavy atom. The summed E-state index contributed by atoms with van der Waals surface area (Å²) in [5.41, 5.74) is 0. The van der Waals surface area contributed by atoms with Crippen molar-refractivity contribution >= 4 is 5.91 Å². The summed E-state index contributed by atoms with van der Waals surface area (Å²) < 4.78 is 0. The molecule has 1 amide bonds. The van der Waals surface area contributed by atoms with Crippen LogP contribution in [0.5, 0.6) is 0 Å². The molecular weight excluding hydrogens is 262 g/mol. The van der Waals surface area contributed by atoms with E-state index in [1.54, 1.807) is 0 Å². The second kappa shape index (κ2) is 7.59. The molecule has 0 aromatic rings. The van der Waals surface area contributed by atoms with Crippen molar-refractivity contribution in [3.05, 3.63) is 0 Å². The zero-order valence-electron chi connectivity index (χ0n) is 13.4. The van der Waals surface area contributed by atoms with Gasteiger partial charge in [0.05, 0.1) is 6.54 Å². The fraction of sp³-hybridized carbons (Fsp3) is 0.941. The minimum Gasteiger partial charge on any atom is -0.336 e. The van der Waals surface area contributed by atoms with E-state index in [9.17, 15) is 4.79 Å². The molecule has 1 N–H and O–H groups in total. The van der Waals surface area contributed by atoms with Crippen LogP contribution in [0.25, 0.3) is 0 Å². The summed E-state index contributed by atoms with van der Waals surface area (Å²) in [5, 5.41) is 3.44. The molecule has 0 bridgehead atoms. The van der Waals surface area contributed by atoms with Crippen LogP contribution >= 0.6 is 0 Å². The van der Waals surface area contributed by atoms with Crippen LogP contribution in [0.15, 0.2) is 0 Å². The minimum absolute atomic E-state index is 0.413. The van der Waals surface area contributed by atoms with Crippen LogP contribution in [0.3, 0.4) is 0 Å². The smallest absolute Gasteiger partial charge is 0.237 e. The van der Waals surface area contributed by atoms with E-state index >= 15 is 0 Å². The summed E-state index contributed by atoms with van der Waals surface area (Å²) in [6.45, 7) is 5.06. The highest BCUT2D eigenvalue weighted by Crippen LogP contribution is 2.27. The second-order valence-electron chi connectivity index (χ2n) is 7.06. The van der Waals surface area contributed by atoms with E-state index in [-0.39, 0.29) is 0 Å². The van der Waals surface area contributed by atoms with E-state index in [0.717, 1.165) is 39.0 Å².